The molecule has 0 unspecified atom stereocenters. The van der Waals surface area contributed by atoms with E-state index in [1.165, 1.54) is 0 Å². The second-order valence-corrected chi connectivity index (χ2v) is 11.0. The molecule has 7 heteroatoms. The molecule has 0 aliphatic carbocycles. The number of carbonyl (C=O) groups excluding carboxylic acids is 1. The minimum Gasteiger partial charge on any atom is -0.490 e. The Kier molecular flexibility index (Phi) is 6.25. The van der Waals surface area contributed by atoms with Crippen LogP contribution in [0.2, 0.25) is 5.31 Å². The van der Waals surface area contributed by atoms with Gasteiger partial charge in [0, 0.05) is 5.31 Å². The van der Waals surface area contributed by atoms with Crippen molar-refractivity contribution in [2.24, 2.45) is 0 Å². The lowest BCUT2D eigenvalue weighted by Crippen LogP contribution is -2.22. The van der Waals surface area contributed by atoms with Crippen LogP contribution in [0.25, 0.3) is 0 Å². The smallest absolute Gasteiger partial charge is 0.302 e. The van der Waals surface area contributed by atoms with Crippen LogP contribution >= 0.6 is 0 Å². The van der Waals surface area contributed by atoms with E-state index in [0.29, 0.717) is 5.75 Å². The number of benzene rings is 3. The fourth-order valence-electron chi connectivity index (χ4n) is 3.19. The Hall–Kier alpha value is -2.51. The first-order chi connectivity index (χ1) is 14.9. The molecule has 4 nitrogen and oxygen atoms in total. The molecule has 0 aromatic heterocycles. The highest BCUT2D eigenvalue weighted by molar-refractivity contribution is 7.99. The quantitative estimate of drug-likeness (QED) is 0.188. The molecule has 3 aromatic carbocycles. The van der Waals surface area contributed by atoms with E-state index in [2.05, 4.69) is 12.1 Å². The van der Waals surface area contributed by atoms with Crippen LogP contribution in [0.4, 0.5) is 0 Å². The fourth-order valence-corrected chi connectivity index (χ4v) is 7.40. The normalized spacial score (nSPS) is 17.4. The van der Waals surface area contributed by atoms with Crippen LogP contribution < -0.4 is 4.74 Å². The first-order valence-corrected chi connectivity index (χ1v) is 12.3. The lowest BCUT2D eigenvalue weighted by Gasteiger charge is -2.19. The van der Waals surface area contributed by atoms with Crippen LogP contribution in [-0.2, 0) is 31.2 Å². The number of esters is 1. The Labute approximate surface area is 189 Å². The maximum absolute atomic E-state index is 13.0. The highest BCUT2D eigenvalue weighted by atomic mass is 32.2. The molecule has 0 saturated heterocycles. The number of rotatable bonds is 6. The number of ether oxygens (including phenoxy) is 2. The Morgan fingerprint density at radius 3 is 2.00 bits per heavy atom. The summed E-state index contributed by atoms with van der Waals surface area (Å²) < 4.78 is 23.9. The summed E-state index contributed by atoms with van der Waals surface area (Å²) >= 11 is 0. The third-order valence-corrected chi connectivity index (χ3v) is 8.81. The summed E-state index contributed by atoms with van der Waals surface area (Å²) in [6, 6.07) is 23.8. The van der Waals surface area contributed by atoms with Crippen LogP contribution in [0.15, 0.2) is 97.3 Å². The van der Waals surface area contributed by atoms with Gasteiger partial charge < -0.3 is 9.47 Å². The molecule has 0 spiro atoms. The van der Waals surface area contributed by atoms with E-state index < -0.39 is 22.1 Å². The van der Waals surface area contributed by atoms with Crippen LogP contribution in [-0.4, -0.2) is 31.2 Å². The van der Waals surface area contributed by atoms with E-state index in [4.69, 9.17) is 17.3 Å². The minimum atomic E-state index is -1.17. The maximum Gasteiger partial charge on any atom is 0.302 e. The number of carbonyl (C=O) groups is 1. The number of fused-ring (bicyclic) bond motifs is 2. The van der Waals surface area contributed by atoms with Crippen molar-refractivity contribution in [3.8, 4) is 5.75 Å². The van der Waals surface area contributed by atoms with Gasteiger partial charge in [-0.05, 0) is 48.5 Å². The van der Waals surface area contributed by atoms with Gasteiger partial charge in [-0.25, -0.2) is 4.21 Å². The Morgan fingerprint density at radius 1 is 0.903 bits per heavy atom. The summed E-state index contributed by atoms with van der Waals surface area (Å²) in [6.07, 6.45) is 0. The molecule has 0 saturated carbocycles. The zero-order valence-corrected chi connectivity index (χ0v) is 19.0. The maximum atomic E-state index is 13.0. The van der Waals surface area contributed by atoms with Crippen molar-refractivity contribution in [1.82, 2.24) is 0 Å². The summed E-state index contributed by atoms with van der Waals surface area (Å²) in [4.78, 5) is 16.7. The van der Waals surface area contributed by atoms with Crippen molar-refractivity contribution < 1.29 is 18.5 Å². The highest BCUT2D eigenvalue weighted by Crippen LogP contribution is 2.43. The zero-order valence-electron chi connectivity index (χ0n) is 17.4. The van der Waals surface area contributed by atoms with Crippen molar-refractivity contribution >= 4 is 35.5 Å². The molecule has 156 valence electrons. The van der Waals surface area contributed by atoms with Crippen molar-refractivity contribution in [3.63, 3.8) is 0 Å². The fraction of sp³-hybridized carbons (Fsp3) is 0.208. The molecule has 1 heterocycles. The third kappa shape index (κ3) is 4.58. The van der Waals surface area contributed by atoms with Gasteiger partial charge in [0.05, 0.1) is 28.4 Å². The average molecular weight is 449 g/mol. The van der Waals surface area contributed by atoms with Gasteiger partial charge in [0.2, 0.25) is 0 Å². The molecule has 0 bridgehead atoms. The van der Waals surface area contributed by atoms with Gasteiger partial charge in [0.25, 0.3) is 0 Å². The monoisotopic (exact) mass is 449 g/mol. The summed E-state index contributed by atoms with van der Waals surface area (Å²) in [5.74, 6) is 0.234. The summed E-state index contributed by atoms with van der Waals surface area (Å²) in [5, 5.41) is -1.02. The topological polar surface area (TPSA) is 52.6 Å². The summed E-state index contributed by atoms with van der Waals surface area (Å²) in [6.45, 7) is 3.59. The standard InChI is InChI=1S/C24H22BO4S2/c1-24(2,25)23(26)29-16-15-28-17-11-13-18(14-12-17)30-19-7-3-5-9-21(19)31(27)22-10-6-4-8-20(22)30/h3-14H,15-16H2,1-2H3/q+1. The molecule has 2 radical (unpaired) electrons. The summed E-state index contributed by atoms with van der Waals surface area (Å²) in [7, 11) is 4.19. The van der Waals surface area contributed by atoms with Crippen LogP contribution in [0.1, 0.15) is 13.8 Å². The first kappa shape index (κ1) is 21.7. The van der Waals surface area contributed by atoms with Gasteiger partial charge in [-0.3, -0.25) is 4.79 Å². The lowest BCUT2D eigenvalue weighted by atomic mass is 9.73. The van der Waals surface area contributed by atoms with Gasteiger partial charge >= 0.3 is 5.97 Å². The van der Waals surface area contributed by atoms with Crippen molar-refractivity contribution in [2.75, 3.05) is 13.2 Å². The third-order valence-electron chi connectivity index (χ3n) is 4.71. The molecule has 0 amide bonds. The van der Waals surface area contributed by atoms with Gasteiger partial charge in [-0.15, -0.1) is 0 Å². The average Bonchev–Trinajstić information content (AvgIpc) is 2.77. The van der Waals surface area contributed by atoms with Crippen molar-refractivity contribution in [1.29, 1.82) is 0 Å². The second kappa shape index (κ2) is 8.93. The first-order valence-electron chi connectivity index (χ1n) is 9.89. The number of hydrogen-bond acceptors (Lipinski definition) is 4. The van der Waals surface area contributed by atoms with Crippen molar-refractivity contribution in [3.05, 3.63) is 72.8 Å². The summed E-state index contributed by atoms with van der Waals surface area (Å²) in [5.41, 5.74) is 0. The second-order valence-electron chi connectivity index (χ2n) is 7.65. The van der Waals surface area contributed by atoms with E-state index in [1.807, 2.05) is 60.7 Å². The molecule has 31 heavy (non-hydrogen) atoms. The number of hydrogen-bond donors (Lipinski definition) is 0. The molecular formula is C24H22BO4S2+. The van der Waals surface area contributed by atoms with Gasteiger partial charge in [0.15, 0.2) is 14.7 Å². The zero-order chi connectivity index (χ0) is 22.0. The van der Waals surface area contributed by atoms with Crippen LogP contribution in [0.5, 0.6) is 5.75 Å². The van der Waals surface area contributed by atoms with E-state index in [-0.39, 0.29) is 24.1 Å². The molecule has 1 aliphatic rings. The molecule has 4 rings (SSSR count). The Bertz CT molecular complexity index is 1070. The molecule has 3 aromatic rings. The molecule has 0 N–H and O–H groups in total. The minimum absolute atomic E-state index is 0.137. The van der Waals surface area contributed by atoms with E-state index in [1.54, 1.807) is 13.8 Å². The van der Waals surface area contributed by atoms with Crippen LogP contribution in [0.3, 0.4) is 0 Å². The van der Waals surface area contributed by atoms with Crippen LogP contribution in [0, 0.1) is 0 Å². The van der Waals surface area contributed by atoms with E-state index in [0.717, 1.165) is 24.5 Å². The predicted octanol–water partition coefficient (Wildman–Crippen LogP) is 4.55. The Morgan fingerprint density at radius 2 is 1.45 bits per heavy atom. The van der Waals surface area contributed by atoms with Gasteiger partial charge in [-0.2, -0.15) is 0 Å². The largest absolute Gasteiger partial charge is 0.490 e. The molecule has 0 fully saturated rings. The molecule has 1 aliphatic heterocycles. The molecular weight excluding hydrogens is 427 g/mol. The van der Waals surface area contributed by atoms with E-state index >= 15 is 0 Å². The SMILES string of the molecule is [B]C(C)(C)C(=O)OCCOc1ccc([S+]2c3ccccc3S(=O)c3ccccc32)cc1. The lowest BCUT2D eigenvalue weighted by molar-refractivity contribution is -0.147. The highest BCUT2D eigenvalue weighted by Gasteiger charge is 2.40. The molecule has 0 atom stereocenters. The predicted molar refractivity (Wildman–Crippen MR) is 122 cm³/mol. The Balaban J connectivity index is 1.52. The van der Waals surface area contributed by atoms with Gasteiger partial charge in [-0.1, -0.05) is 38.1 Å². The van der Waals surface area contributed by atoms with E-state index in [9.17, 15) is 9.00 Å². The van der Waals surface area contributed by atoms with Gasteiger partial charge in [0.1, 0.15) is 29.9 Å². The van der Waals surface area contributed by atoms with Crippen molar-refractivity contribution in [2.45, 2.75) is 43.6 Å².